The van der Waals surface area contributed by atoms with Gasteiger partial charge in [-0.15, -0.1) is 11.3 Å². The molecule has 0 aliphatic rings. The topological polar surface area (TPSA) is 25.8 Å². The molecule has 3 aromatic carbocycles. The SMILES string of the molecule is Clc1ccccc1-c1nc(-c2ccccc2)c2c(n1)sc1ccccc12. The summed E-state index contributed by atoms with van der Waals surface area (Å²) in [4.78, 5) is 10.8. The van der Waals surface area contributed by atoms with Crippen molar-refractivity contribution in [2.45, 2.75) is 0 Å². The first-order valence-corrected chi connectivity index (χ1v) is 9.50. The standard InChI is InChI=1S/C22H13ClN2S/c23-17-12-6-4-10-15(17)21-24-20(14-8-2-1-3-9-14)19-16-11-5-7-13-18(16)26-22(19)25-21/h1-13H. The van der Waals surface area contributed by atoms with Gasteiger partial charge in [-0.3, -0.25) is 0 Å². The highest BCUT2D eigenvalue weighted by Crippen LogP contribution is 2.39. The molecular formula is C22H13ClN2S. The minimum Gasteiger partial charge on any atom is -0.227 e. The number of hydrogen-bond acceptors (Lipinski definition) is 3. The molecule has 0 unspecified atom stereocenters. The Morgan fingerprint density at radius 1 is 0.731 bits per heavy atom. The molecule has 5 aromatic rings. The molecule has 5 rings (SSSR count). The zero-order chi connectivity index (χ0) is 17.5. The number of fused-ring (bicyclic) bond motifs is 3. The fraction of sp³-hybridized carbons (Fsp3) is 0. The Balaban J connectivity index is 1.91. The van der Waals surface area contributed by atoms with Crippen LogP contribution in [0, 0.1) is 0 Å². The van der Waals surface area contributed by atoms with Gasteiger partial charge in [0.1, 0.15) is 4.83 Å². The van der Waals surface area contributed by atoms with Gasteiger partial charge in [0.05, 0.1) is 10.7 Å². The van der Waals surface area contributed by atoms with Crippen LogP contribution in [0.4, 0.5) is 0 Å². The third kappa shape index (κ3) is 2.48. The van der Waals surface area contributed by atoms with Crippen molar-refractivity contribution in [3.05, 3.63) is 83.9 Å². The minimum atomic E-state index is 0.659. The van der Waals surface area contributed by atoms with E-state index in [1.165, 1.54) is 10.1 Å². The van der Waals surface area contributed by atoms with Crippen molar-refractivity contribution < 1.29 is 0 Å². The zero-order valence-electron chi connectivity index (χ0n) is 13.7. The Morgan fingerprint density at radius 2 is 1.46 bits per heavy atom. The molecule has 26 heavy (non-hydrogen) atoms. The van der Waals surface area contributed by atoms with Gasteiger partial charge in [0, 0.05) is 26.6 Å². The minimum absolute atomic E-state index is 0.659. The van der Waals surface area contributed by atoms with Gasteiger partial charge >= 0.3 is 0 Å². The molecule has 0 saturated carbocycles. The summed E-state index contributed by atoms with van der Waals surface area (Å²) in [5.41, 5.74) is 2.88. The molecule has 2 nitrogen and oxygen atoms in total. The van der Waals surface area contributed by atoms with Gasteiger partial charge in [-0.25, -0.2) is 9.97 Å². The van der Waals surface area contributed by atoms with Crippen molar-refractivity contribution in [3.8, 4) is 22.6 Å². The van der Waals surface area contributed by atoms with Crippen LogP contribution in [0.2, 0.25) is 5.02 Å². The normalized spacial score (nSPS) is 11.3. The maximum Gasteiger partial charge on any atom is 0.162 e. The molecular weight excluding hydrogens is 360 g/mol. The Kier molecular flexibility index (Phi) is 3.70. The lowest BCUT2D eigenvalue weighted by atomic mass is 10.1. The summed E-state index contributed by atoms with van der Waals surface area (Å²) in [7, 11) is 0. The van der Waals surface area contributed by atoms with Crippen molar-refractivity contribution >= 4 is 43.2 Å². The van der Waals surface area contributed by atoms with Crippen molar-refractivity contribution in [1.29, 1.82) is 0 Å². The van der Waals surface area contributed by atoms with E-state index >= 15 is 0 Å². The summed E-state index contributed by atoms with van der Waals surface area (Å²) >= 11 is 8.10. The van der Waals surface area contributed by atoms with E-state index in [2.05, 4.69) is 36.4 Å². The van der Waals surface area contributed by atoms with Crippen molar-refractivity contribution in [2.24, 2.45) is 0 Å². The highest BCUT2D eigenvalue weighted by atomic mass is 35.5. The Morgan fingerprint density at radius 3 is 2.31 bits per heavy atom. The van der Waals surface area contributed by atoms with Crippen LogP contribution in [-0.4, -0.2) is 9.97 Å². The van der Waals surface area contributed by atoms with Crippen LogP contribution in [0.25, 0.3) is 42.9 Å². The second-order valence-corrected chi connectivity index (χ2v) is 7.46. The van der Waals surface area contributed by atoms with E-state index < -0.39 is 0 Å². The van der Waals surface area contributed by atoms with E-state index in [4.69, 9.17) is 21.6 Å². The monoisotopic (exact) mass is 372 g/mol. The molecule has 2 heterocycles. The third-order valence-corrected chi connectivity index (χ3v) is 5.80. The highest BCUT2D eigenvalue weighted by molar-refractivity contribution is 7.25. The number of aromatic nitrogens is 2. The number of thiophene rings is 1. The van der Waals surface area contributed by atoms with E-state index in [1.54, 1.807) is 11.3 Å². The quantitative estimate of drug-likeness (QED) is 0.339. The fourth-order valence-corrected chi connectivity index (χ4v) is 4.49. The van der Waals surface area contributed by atoms with Gasteiger partial charge in [0.25, 0.3) is 0 Å². The lowest BCUT2D eigenvalue weighted by Gasteiger charge is -2.08. The molecule has 124 valence electrons. The van der Waals surface area contributed by atoms with Crippen LogP contribution in [0.15, 0.2) is 78.9 Å². The fourth-order valence-electron chi connectivity index (χ4n) is 3.19. The largest absolute Gasteiger partial charge is 0.227 e. The summed E-state index contributed by atoms with van der Waals surface area (Å²) in [6.45, 7) is 0. The highest BCUT2D eigenvalue weighted by Gasteiger charge is 2.17. The van der Waals surface area contributed by atoms with Crippen LogP contribution >= 0.6 is 22.9 Å². The van der Waals surface area contributed by atoms with Gasteiger partial charge in [0.2, 0.25) is 0 Å². The molecule has 0 amide bonds. The molecule has 2 aromatic heterocycles. The first-order chi connectivity index (χ1) is 12.8. The Labute approximate surface area is 159 Å². The zero-order valence-corrected chi connectivity index (χ0v) is 15.3. The van der Waals surface area contributed by atoms with Crippen LogP contribution in [-0.2, 0) is 0 Å². The van der Waals surface area contributed by atoms with Crippen molar-refractivity contribution in [1.82, 2.24) is 9.97 Å². The molecule has 0 radical (unpaired) electrons. The molecule has 0 spiro atoms. The Hall–Kier alpha value is -2.75. The first kappa shape index (κ1) is 15.5. The maximum absolute atomic E-state index is 6.41. The number of hydrogen-bond donors (Lipinski definition) is 0. The van der Waals surface area contributed by atoms with Gasteiger partial charge in [-0.1, -0.05) is 72.3 Å². The smallest absolute Gasteiger partial charge is 0.162 e. The van der Waals surface area contributed by atoms with E-state index in [0.717, 1.165) is 27.0 Å². The average Bonchev–Trinajstić information content (AvgIpc) is 3.07. The van der Waals surface area contributed by atoms with Gasteiger partial charge in [0.15, 0.2) is 5.82 Å². The summed E-state index contributed by atoms with van der Waals surface area (Å²) in [6, 6.07) is 26.4. The average molecular weight is 373 g/mol. The first-order valence-electron chi connectivity index (χ1n) is 8.31. The number of benzene rings is 3. The Bertz CT molecular complexity index is 1250. The molecule has 4 heteroatoms. The molecule has 0 aliphatic carbocycles. The molecule has 0 aliphatic heterocycles. The molecule has 0 N–H and O–H groups in total. The number of halogens is 1. The van der Waals surface area contributed by atoms with E-state index in [0.29, 0.717) is 10.8 Å². The van der Waals surface area contributed by atoms with Crippen LogP contribution in [0.5, 0.6) is 0 Å². The second kappa shape index (κ2) is 6.20. The lowest BCUT2D eigenvalue weighted by Crippen LogP contribution is -1.94. The predicted molar refractivity (Wildman–Crippen MR) is 111 cm³/mol. The molecule has 0 fully saturated rings. The second-order valence-electron chi connectivity index (χ2n) is 6.02. The van der Waals surface area contributed by atoms with Crippen molar-refractivity contribution in [2.75, 3.05) is 0 Å². The maximum atomic E-state index is 6.41. The van der Waals surface area contributed by atoms with E-state index in [-0.39, 0.29) is 0 Å². The lowest BCUT2D eigenvalue weighted by molar-refractivity contribution is 1.24. The summed E-state index contributed by atoms with van der Waals surface area (Å²) in [6.07, 6.45) is 0. The van der Waals surface area contributed by atoms with E-state index in [9.17, 15) is 0 Å². The van der Waals surface area contributed by atoms with Crippen molar-refractivity contribution in [3.63, 3.8) is 0 Å². The molecule has 0 bridgehead atoms. The van der Waals surface area contributed by atoms with E-state index in [1.807, 2.05) is 42.5 Å². The van der Waals surface area contributed by atoms with Crippen LogP contribution in [0.1, 0.15) is 0 Å². The molecule has 0 atom stereocenters. The summed E-state index contributed by atoms with van der Waals surface area (Å²) < 4.78 is 1.21. The number of rotatable bonds is 2. The van der Waals surface area contributed by atoms with Crippen LogP contribution in [0.3, 0.4) is 0 Å². The van der Waals surface area contributed by atoms with Gasteiger partial charge in [-0.05, 0) is 18.2 Å². The third-order valence-electron chi connectivity index (χ3n) is 4.40. The van der Waals surface area contributed by atoms with Gasteiger partial charge in [-0.2, -0.15) is 0 Å². The molecule has 0 saturated heterocycles. The summed E-state index contributed by atoms with van der Waals surface area (Å²) in [5, 5.41) is 2.96. The van der Waals surface area contributed by atoms with Crippen LogP contribution < -0.4 is 0 Å². The summed E-state index contributed by atoms with van der Waals surface area (Å²) in [5.74, 6) is 0.661. The number of nitrogens with zero attached hydrogens (tertiary/aromatic N) is 2. The predicted octanol–water partition coefficient (Wildman–Crippen LogP) is 6.83. The van der Waals surface area contributed by atoms with Gasteiger partial charge < -0.3 is 0 Å².